The molecule has 0 aliphatic carbocycles. The van der Waals surface area contributed by atoms with Crippen molar-refractivity contribution in [3.8, 4) is 0 Å². The standard InChI is InChI=1S/C30H36ClN3O4S/c1-6-27(30(36)32-21(2)3)33(19-24-13-15-25(31)16-14-24)29(35)20-34(28-17-12-22(4)18-23(28)5)39(37,38)26-10-8-7-9-11-26/h7-18,21,27H,6,19-20H2,1-5H3,(H,32,36). The third-order valence-corrected chi connectivity index (χ3v) is 8.34. The first-order valence-corrected chi connectivity index (χ1v) is 14.7. The van der Waals surface area contributed by atoms with Crippen molar-refractivity contribution in [3.63, 3.8) is 0 Å². The van der Waals surface area contributed by atoms with Crippen molar-refractivity contribution in [3.05, 3.63) is 94.5 Å². The number of aryl methyl sites for hydroxylation is 2. The first kappa shape index (κ1) is 30.2. The molecular formula is C30H36ClN3O4S. The van der Waals surface area contributed by atoms with Crippen LogP contribution in [0, 0.1) is 13.8 Å². The highest BCUT2D eigenvalue weighted by Gasteiger charge is 2.34. The molecule has 3 rings (SSSR count). The highest BCUT2D eigenvalue weighted by Crippen LogP contribution is 2.28. The Morgan fingerprint density at radius 3 is 2.15 bits per heavy atom. The van der Waals surface area contributed by atoms with Crippen molar-refractivity contribution in [1.82, 2.24) is 10.2 Å². The zero-order valence-electron chi connectivity index (χ0n) is 23.0. The van der Waals surface area contributed by atoms with Gasteiger partial charge in [0.05, 0.1) is 10.6 Å². The lowest BCUT2D eigenvalue weighted by molar-refractivity contribution is -0.140. The van der Waals surface area contributed by atoms with Crippen LogP contribution in [0.25, 0.3) is 0 Å². The molecule has 1 unspecified atom stereocenters. The second-order valence-corrected chi connectivity index (χ2v) is 12.1. The van der Waals surface area contributed by atoms with Crippen LogP contribution in [0.4, 0.5) is 5.69 Å². The number of nitrogens with zero attached hydrogens (tertiary/aromatic N) is 2. The number of sulfonamides is 1. The van der Waals surface area contributed by atoms with Crippen molar-refractivity contribution >= 4 is 39.1 Å². The van der Waals surface area contributed by atoms with E-state index in [2.05, 4.69) is 5.32 Å². The maximum Gasteiger partial charge on any atom is 0.264 e. The third kappa shape index (κ3) is 7.61. The van der Waals surface area contributed by atoms with Gasteiger partial charge in [-0.15, -0.1) is 0 Å². The molecule has 0 radical (unpaired) electrons. The molecule has 208 valence electrons. The molecule has 0 fully saturated rings. The van der Waals surface area contributed by atoms with E-state index in [0.29, 0.717) is 17.1 Å². The summed E-state index contributed by atoms with van der Waals surface area (Å²) in [4.78, 5) is 28.8. The minimum Gasteiger partial charge on any atom is -0.352 e. The molecule has 1 N–H and O–H groups in total. The SMILES string of the molecule is CCC(C(=O)NC(C)C)N(Cc1ccc(Cl)cc1)C(=O)CN(c1ccc(C)cc1C)S(=O)(=O)c1ccccc1. The number of anilines is 1. The summed E-state index contributed by atoms with van der Waals surface area (Å²) < 4.78 is 28.9. The van der Waals surface area contributed by atoms with Gasteiger partial charge in [-0.25, -0.2) is 8.42 Å². The lowest BCUT2D eigenvalue weighted by Crippen LogP contribution is -2.53. The smallest absolute Gasteiger partial charge is 0.264 e. The first-order valence-electron chi connectivity index (χ1n) is 12.9. The number of carbonyl (C=O) groups excluding carboxylic acids is 2. The van der Waals surface area contributed by atoms with Gasteiger partial charge in [-0.1, -0.05) is 66.6 Å². The van der Waals surface area contributed by atoms with E-state index in [1.807, 2.05) is 46.8 Å². The van der Waals surface area contributed by atoms with Gasteiger partial charge >= 0.3 is 0 Å². The quantitative estimate of drug-likeness (QED) is 0.331. The van der Waals surface area contributed by atoms with Gasteiger partial charge in [0.2, 0.25) is 11.8 Å². The molecule has 0 saturated heterocycles. The molecular weight excluding hydrogens is 534 g/mol. The van der Waals surface area contributed by atoms with Crippen LogP contribution in [0.5, 0.6) is 0 Å². The largest absolute Gasteiger partial charge is 0.352 e. The van der Waals surface area contributed by atoms with E-state index in [1.54, 1.807) is 48.5 Å². The minimum atomic E-state index is -4.10. The molecule has 0 heterocycles. The second-order valence-electron chi connectivity index (χ2n) is 9.85. The molecule has 39 heavy (non-hydrogen) atoms. The van der Waals surface area contributed by atoms with Gasteiger partial charge in [0.1, 0.15) is 12.6 Å². The van der Waals surface area contributed by atoms with E-state index in [4.69, 9.17) is 11.6 Å². The van der Waals surface area contributed by atoms with Gasteiger partial charge in [-0.05, 0) is 75.6 Å². The third-order valence-electron chi connectivity index (χ3n) is 6.31. The highest BCUT2D eigenvalue weighted by atomic mass is 35.5. The molecule has 0 aliphatic heterocycles. The fourth-order valence-electron chi connectivity index (χ4n) is 4.40. The topological polar surface area (TPSA) is 86.8 Å². The maximum absolute atomic E-state index is 14.1. The Morgan fingerprint density at radius 1 is 0.949 bits per heavy atom. The normalized spacial score (nSPS) is 12.2. The van der Waals surface area contributed by atoms with Gasteiger partial charge in [-0.3, -0.25) is 13.9 Å². The molecule has 0 aliphatic rings. The number of amides is 2. The van der Waals surface area contributed by atoms with Crippen molar-refractivity contribution in [2.45, 2.75) is 64.6 Å². The number of carbonyl (C=O) groups is 2. The Labute approximate surface area is 236 Å². The summed E-state index contributed by atoms with van der Waals surface area (Å²) in [6.07, 6.45) is 0.354. The van der Waals surface area contributed by atoms with E-state index in [1.165, 1.54) is 17.0 Å². The van der Waals surface area contributed by atoms with Crippen LogP contribution >= 0.6 is 11.6 Å². The van der Waals surface area contributed by atoms with E-state index >= 15 is 0 Å². The van der Waals surface area contributed by atoms with Crippen LogP contribution in [0.15, 0.2) is 77.7 Å². The van der Waals surface area contributed by atoms with Crippen LogP contribution in [-0.2, 0) is 26.2 Å². The molecule has 0 saturated carbocycles. The molecule has 1 atom stereocenters. The number of benzene rings is 3. The first-order chi connectivity index (χ1) is 18.4. The van der Waals surface area contributed by atoms with Gasteiger partial charge in [0.25, 0.3) is 10.0 Å². The molecule has 3 aromatic carbocycles. The van der Waals surface area contributed by atoms with Crippen LogP contribution in [0.2, 0.25) is 5.02 Å². The lowest BCUT2D eigenvalue weighted by Gasteiger charge is -2.34. The molecule has 0 spiro atoms. The van der Waals surface area contributed by atoms with Gasteiger partial charge < -0.3 is 10.2 Å². The predicted octanol–water partition coefficient (Wildman–Crippen LogP) is 5.48. The average molecular weight is 570 g/mol. The van der Waals surface area contributed by atoms with E-state index < -0.39 is 28.5 Å². The summed E-state index contributed by atoms with van der Waals surface area (Å²) in [5, 5.41) is 3.45. The van der Waals surface area contributed by atoms with Crippen molar-refractivity contribution in [2.75, 3.05) is 10.8 Å². The molecule has 0 aromatic heterocycles. The predicted molar refractivity (Wildman–Crippen MR) is 156 cm³/mol. The fourth-order valence-corrected chi connectivity index (χ4v) is 6.03. The number of rotatable bonds is 11. The van der Waals surface area contributed by atoms with Crippen molar-refractivity contribution < 1.29 is 18.0 Å². The Morgan fingerprint density at radius 2 is 1.59 bits per heavy atom. The van der Waals surface area contributed by atoms with Crippen LogP contribution in [0.3, 0.4) is 0 Å². The second kappa shape index (κ2) is 13.1. The number of hydrogen-bond acceptors (Lipinski definition) is 4. The van der Waals surface area contributed by atoms with Crippen LogP contribution in [0.1, 0.15) is 43.9 Å². The van der Waals surface area contributed by atoms with Gasteiger partial charge in [-0.2, -0.15) is 0 Å². The Kier molecular flexibility index (Phi) is 10.2. The average Bonchev–Trinajstić information content (AvgIpc) is 2.88. The number of halogens is 1. The summed E-state index contributed by atoms with van der Waals surface area (Å²) in [6.45, 7) is 8.91. The summed E-state index contributed by atoms with van der Waals surface area (Å²) in [5.41, 5.74) is 2.87. The monoisotopic (exact) mass is 569 g/mol. The van der Waals surface area contributed by atoms with E-state index in [0.717, 1.165) is 21.0 Å². The Bertz CT molecular complexity index is 1390. The maximum atomic E-state index is 14.1. The van der Waals surface area contributed by atoms with Crippen molar-refractivity contribution in [1.29, 1.82) is 0 Å². The summed E-state index contributed by atoms with van der Waals surface area (Å²) in [6, 6.07) is 19.5. The van der Waals surface area contributed by atoms with E-state index in [9.17, 15) is 18.0 Å². The molecule has 7 nitrogen and oxygen atoms in total. The fraction of sp³-hybridized carbons (Fsp3) is 0.333. The Balaban J connectivity index is 2.08. The molecule has 3 aromatic rings. The zero-order valence-corrected chi connectivity index (χ0v) is 24.6. The minimum absolute atomic E-state index is 0.0756. The molecule has 9 heteroatoms. The Hall–Kier alpha value is -3.36. The molecule has 0 bridgehead atoms. The van der Waals surface area contributed by atoms with E-state index in [-0.39, 0.29) is 23.4 Å². The highest BCUT2D eigenvalue weighted by molar-refractivity contribution is 7.92. The number of nitrogens with one attached hydrogen (secondary N) is 1. The summed E-state index contributed by atoms with van der Waals surface area (Å²) in [7, 11) is -4.10. The summed E-state index contributed by atoms with van der Waals surface area (Å²) >= 11 is 6.06. The van der Waals surface area contributed by atoms with Crippen LogP contribution in [-0.4, -0.2) is 43.8 Å². The lowest BCUT2D eigenvalue weighted by atomic mass is 10.1. The summed E-state index contributed by atoms with van der Waals surface area (Å²) in [5.74, 6) is -0.783. The van der Waals surface area contributed by atoms with Crippen LogP contribution < -0.4 is 9.62 Å². The molecule has 2 amide bonds. The van der Waals surface area contributed by atoms with Crippen molar-refractivity contribution in [2.24, 2.45) is 0 Å². The van der Waals surface area contributed by atoms with Gasteiger partial charge in [0.15, 0.2) is 0 Å². The number of hydrogen-bond donors (Lipinski definition) is 1. The van der Waals surface area contributed by atoms with Gasteiger partial charge in [0, 0.05) is 17.6 Å². The zero-order chi connectivity index (χ0) is 28.7.